The zero-order chi connectivity index (χ0) is 18.0. The van der Waals surface area contributed by atoms with Crippen molar-refractivity contribution in [2.24, 2.45) is 5.41 Å². The van der Waals surface area contributed by atoms with Crippen LogP contribution in [0.15, 0.2) is 35.7 Å². The number of alkyl halides is 3. The summed E-state index contributed by atoms with van der Waals surface area (Å²) in [6.07, 6.45) is -2.63. The van der Waals surface area contributed by atoms with E-state index in [4.69, 9.17) is 0 Å². The normalized spacial score (nSPS) is 16.5. The number of hydrogen-bond donors (Lipinski definition) is 2. The third-order valence-corrected chi connectivity index (χ3v) is 4.34. The van der Waals surface area contributed by atoms with Crippen LogP contribution in [0.5, 0.6) is 5.75 Å². The number of halogens is 3. The van der Waals surface area contributed by atoms with Crippen molar-refractivity contribution in [3.63, 3.8) is 0 Å². The van der Waals surface area contributed by atoms with E-state index >= 15 is 0 Å². The molecule has 0 heterocycles. The smallest absolute Gasteiger partial charge is 0.406 e. The number of ether oxygens (including phenoxy) is 1. The summed E-state index contributed by atoms with van der Waals surface area (Å²) in [5, 5.41) is 6.91. The molecule has 0 saturated heterocycles. The van der Waals surface area contributed by atoms with E-state index in [1.807, 2.05) is 0 Å². The van der Waals surface area contributed by atoms with Crippen LogP contribution in [0.4, 0.5) is 13.2 Å². The Morgan fingerprint density at radius 1 is 1.04 bits per heavy atom. The van der Waals surface area contributed by atoms with Gasteiger partial charge in [0.2, 0.25) is 0 Å². The van der Waals surface area contributed by atoms with Gasteiger partial charge in [-0.05, 0) is 42.9 Å². The summed E-state index contributed by atoms with van der Waals surface area (Å²) in [5.74, 6) is -0.199. The van der Waals surface area contributed by atoms with Gasteiger partial charge in [-0.25, -0.2) is 0 Å². The van der Waals surface area contributed by atoms with Crippen LogP contribution in [0.2, 0.25) is 0 Å². The van der Waals surface area contributed by atoms with E-state index in [1.54, 1.807) is 12.1 Å². The highest BCUT2D eigenvalue weighted by atomic mass is 19.4. The molecule has 24 heavy (non-hydrogen) atoms. The second-order valence-corrected chi connectivity index (χ2v) is 7.23. The molecule has 1 atom stereocenters. The molecule has 0 radical (unpaired) electrons. The molecule has 0 aromatic heterocycles. The van der Waals surface area contributed by atoms with Crippen molar-refractivity contribution >= 4 is 0 Å². The number of hydrogen-bond acceptors (Lipinski definition) is 3. The van der Waals surface area contributed by atoms with Crippen molar-refractivity contribution in [2.45, 2.75) is 59.5 Å². The van der Waals surface area contributed by atoms with E-state index in [2.05, 4.69) is 43.1 Å². The highest BCUT2D eigenvalue weighted by molar-refractivity contribution is 5.29. The molecule has 6 heteroatoms. The van der Waals surface area contributed by atoms with Gasteiger partial charge in [0.15, 0.2) is 0 Å². The molecule has 0 amide bonds. The van der Waals surface area contributed by atoms with Gasteiger partial charge in [-0.3, -0.25) is 0 Å². The number of rotatable bonds is 6. The monoisotopic (exact) mass is 342 g/mol. The van der Waals surface area contributed by atoms with E-state index in [-0.39, 0.29) is 11.2 Å². The maximum absolute atomic E-state index is 12.1. The zero-order valence-electron chi connectivity index (χ0n) is 14.6. The Hall–Kier alpha value is -1.85. The van der Waals surface area contributed by atoms with Crippen molar-refractivity contribution in [3.05, 3.63) is 41.2 Å². The molecule has 2 rings (SSSR count). The molecule has 1 unspecified atom stereocenters. The van der Waals surface area contributed by atoms with Crippen molar-refractivity contribution in [1.29, 1.82) is 0 Å². The third-order valence-electron chi connectivity index (χ3n) is 4.34. The summed E-state index contributed by atoms with van der Waals surface area (Å²) >= 11 is 0. The van der Waals surface area contributed by atoms with Crippen LogP contribution in [-0.2, 0) is 6.54 Å². The van der Waals surface area contributed by atoms with Gasteiger partial charge in [-0.15, -0.1) is 13.2 Å². The van der Waals surface area contributed by atoms with Crippen LogP contribution in [0.1, 0.15) is 46.1 Å². The van der Waals surface area contributed by atoms with E-state index in [0.29, 0.717) is 12.6 Å². The molecule has 0 spiro atoms. The van der Waals surface area contributed by atoms with Crippen molar-refractivity contribution in [2.75, 3.05) is 0 Å². The predicted octanol–water partition coefficient (Wildman–Crippen LogP) is 4.70. The Morgan fingerprint density at radius 2 is 1.62 bits per heavy atom. The first-order valence-electron chi connectivity index (χ1n) is 8.12. The minimum atomic E-state index is -4.65. The van der Waals surface area contributed by atoms with Gasteiger partial charge < -0.3 is 15.4 Å². The maximum Gasteiger partial charge on any atom is 0.573 e. The van der Waals surface area contributed by atoms with Gasteiger partial charge in [-0.2, -0.15) is 0 Å². The molecule has 0 bridgehead atoms. The Kier molecular flexibility index (Phi) is 5.35. The molecule has 1 aliphatic rings. The molecular formula is C18H25F3N2O. The number of benzene rings is 1. The fourth-order valence-electron chi connectivity index (χ4n) is 2.22. The van der Waals surface area contributed by atoms with Gasteiger partial charge >= 0.3 is 6.36 Å². The fourth-order valence-corrected chi connectivity index (χ4v) is 2.22. The van der Waals surface area contributed by atoms with Crippen molar-refractivity contribution in [1.82, 2.24) is 10.6 Å². The molecule has 1 aromatic rings. The lowest BCUT2D eigenvalue weighted by Crippen LogP contribution is -2.40. The second kappa shape index (κ2) is 6.95. The molecule has 0 aliphatic heterocycles. The quantitative estimate of drug-likeness (QED) is 0.786. The summed E-state index contributed by atoms with van der Waals surface area (Å²) in [6, 6.07) is 6.31. The standard InChI is InChI=1S/C18H25F3N2O/c1-12(17(2,3)4)23-16-10-9-15(16)22-11-13-5-7-14(8-6-13)24-18(19,20)21/h5-8,12,22-23H,9-11H2,1-4H3. The van der Waals surface area contributed by atoms with E-state index < -0.39 is 6.36 Å². The highest BCUT2D eigenvalue weighted by Gasteiger charge is 2.31. The molecular weight excluding hydrogens is 317 g/mol. The molecule has 0 fully saturated rings. The van der Waals surface area contributed by atoms with Crippen LogP contribution in [0.25, 0.3) is 0 Å². The van der Waals surface area contributed by atoms with Crippen LogP contribution in [0.3, 0.4) is 0 Å². The van der Waals surface area contributed by atoms with Crippen LogP contribution < -0.4 is 15.4 Å². The third kappa shape index (κ3) is 5.35. The number of nitrogens with one attached hydrogen (secondary N) is 2. The van der Waals surface area contributed by atoms with Crippen LogP contribution in [0, 0.1) is 5.41 Å². The van der Waals surface area contributed by atoms with Crippen LogP contribution in [-0.4, -0.2) is 12.4 Å². The first kappa shape index (κ1) is 18.5. The van der Waals surface area contributed by atoms with E-state index in [9.17, 15) is 13.2 Å². The summed E-state index contributed by atoms with van der Waals surface area (Å²) < 4.78 is 40.3. The van der Waals surface area contributed by atoms with Gasteiger partial charge in [0.25, 0.3) is 0 Å². The molecule has 1 aromatic carbocycles. The van der Waals surface area contributed by atoms with Gasteiger partial charge in [0.1, 0.15) is 5.75 Å². The molecule has 0 saturated carbocycles. The van der Waals surface area contributed by atoms with E-state index in [1.165, 1.54) is 23.5 Å². The fraction of sp³-hybridized carbons (Fsp3) is 0.556. The van der Waals surface area contributed by atoms with Crippen LogP contribution >= 0.6 is 0 Å². The Balaban J connectivity index is 1.88. The lowest BCUT2D eigenvalue weighted by molar-refractivity contribution is -0.274. The lowest BCUT2D eigenvalue weighted by Gasteiger charge is -2.34. The maximum atomic E-state index is 12.1. The summed E-state index contributed by atoms with van der Waals surface area (Å²) in [5.41, 5.74) is 3.51. The van der Waals surface area contributed by atoms with Crippen molar-refractivity contribution < 1.29 is 17.9 Å². The lowest BCUT2D eigenvalue weighted by atomic mass is 9.87. The summed E-state index contributed by atoms with van der Waals surface area (Å²) in [6.45, 7) is 9.34. The predicted molar refractivity (Wildman–Crippen MR) is 88.3 cm³/mol. The Labute approximate surface area is 141 Å². The molecule has 134 valence electrons. The topological polar surface area (TPSA) is 33.3 Å². The molecule has 3 nitrogen and oxygen atoms in total. The second-order valence-electron chi connectivity index (χ2n) is 7.23. The first-order valence-corrected chi connectivity index (χ1v) is 8.12. The van der Waals surface area contributed by atoms with Gasteiger partial charge in [0, 0.05) is 24.0 Å². The van der Waals surface area contributed by atoms with Gasteiger partial charge in [-0.1, -0.05) is 32.9 Å². The summed E-state index contributed by atoms with van der Waals surface area (Å²) in [7, 11) is 0. The minimum Gasteiger partial charge on any atom is -0.406 e. The Bertz CT molecular complexity index is 586. The average molecular weight is 342 g/mol. The Morgan fingerprint density at radius 3 is 2.08 bits per heavy atom. The minimum absolute atomic E-state index is 0.183. The van der Waals surface area contributed by atoms with E-state index in [0.717, 1.165) is 18.4 Å². The largest absolute Gasteiger partial charge is 0.573 e. The molecule has 2 N–H and O–H groups in total. The van der Waals surface area contributed by atoms with Crippen molar-refractivity contribution in [3.8, 4) is 5.75 Å². The number of allylic oxidation sites excluding steroid dienone is 2. The summed E-state index contributed by atoms with van der Waals surface area (Å²) in [4.78, 5) is 0. The molecule has 1 aliphatic carbocycles. The first-order chi connectivity index (χ1) is 11.0. The van der Waals surface area contributed by atoms with Gasteiger partial charge in [0.05, 0.1) is 0 Å². The highest BCUT2D eigenvalue weighted by Crippen LogP contribution is 2.28. The zero-order valence-corrected chi connectivity index (χ0v) is 14.6. The SMILES string of the molecule is CC(NC1=C(NCc2ccc(OC(F)(F)F)cc2)CC1)C(C)(C)C. The average Bonchev–Trinajstić information content (AvgIpc) is 2.42.